The molecule has 0 spiro atoms. The van der Waals surface area contributed by atoms with Crippen molar-refractivity contribution in [2.75, 3.05) is 23.3 Å². The van der Waals surface area contributed by atoms with Crippen LogP contribution in [0.1, 0.15) is 30.4 Å². The van der Waals surface area contributed by atoms with Gasteiger partial charge in [0.1, 0.15) is 0 Å². The third kappa shape index (κ3) is 4.80. The van der Waals surface area contributed by atoms with Gasteiger partial charge in [-0.25, -0.2) is 0 Å². The minimum atomic E-state index is -0.0160. The van der Waals surface area contributed by atoms with Crippen LogP contribution in [0.25, 0.3) is 11.3 Å². The molecule has 0 aliphatic carbocycles. The van der Waals surface area contributed by atoms with E-state index in [0.29, 0.717) is 6.42 Å². The lowest BCUT2D eigenvalue weighted by Crippen LogP contribution is -2.30. The fraction of sp³-hybridized carbons (Fsp3) is 0.292. The first kappa shape index (κ1) is 19.1. The molecule has 29 heavy (non-hydrogen) atoms. The Morgan fingerprint density at radius 3 is 2.38 bits per heavy atom. The molecule has 2 heterocycles. The van der Waals surface area contributed by atoms with Crippen LogP contribution in [0, 0.1) is 6.92 Å². The van der Waals surface area contributed by atoms with Crippen LogP contribution in [0.5, 0.6) is 0 Å². The number of carbonyl (C=O) groups is 1. The maximum absolute atomic E-state index is 12.3. The van der Waals surface area contributed by atoms with Crippen molar-refractivity contribution in [3.63, 3.8) is 0 Å². The van der Waals surface area contributed by atoms with Gasteiger partial charge in [-0.3, -0.25) is 4.79 Å². The minimum absolute atomic E-state index is 0.0160. The summed E-state index contributed by atoms with van der Waals surface area (Å²) in [5.74, 6) is 0.936. The van der Waals surface area contributed by atoms with Gasteiger partial charge >= 0.3 is 0 Å². The number of rotatable bonds is 5. The van der Waals surface area contributed by atoms with Crippen LogP contribution in [-0.4, -0.2) is 29.2 Å². The van der Waals surface area contributed by atoms with Gasteiger partial charge in [0, 0.05) is 24.3 Å². The van der Waals surface area contributed by atoms with Crippen LogP contribution in [-0.2, 0) is 11.2 Å². The molecule has 0 radical (unpaired) electrons. The van der Waals surface area contributed by atoms with Crippen molar-refractivity contribution in [1.29, 1.82) is 0 Å². The number of aromatic nitrogens is 2. The molecular formula is C24H26N4O. The molecule has 0 unspecified atom stereocenters. The number of nitrogens with zero attached hydrogens (tertiary/aromatic N) is 3. The van der Waals surface area contributed by atoms with E-state index in [-0.39, 0.29) is 5.91 Å². The Morgan fingerprint density at radius 1 is 0.931 bits per heavy atom. The zero-order valence-electron chi connectivity index (χ0n) is 16.8. The Morgan fingerprint density at radius 2 is 1.69 bits per heavy atom. The summed E-state index contributed by atoms with van der Waals surface area (Å²) < 4.78 is 0. The molecular weight excluding hydrogens is 360 g/mol. The van der Waals surface area contributed by atoms with Gasteiger partial charge in [-0.1, -0.05) is 36.4 Å². The quantitative estimate of drug-likeness (QED) is 0.695. The van der Waals surface area contributed by atoms with Gasteiger partial charge in [-0.15, -0.1) is 10.2 Å². The van der Waals surface area contributed by atoms with Crippen LogP contribution in [0.4, 0.5) is 11.5 Å². The number of piperidine rings is 1. The number of benzene rings is 2. The van der Waals surface area contributed by atoms with Crippen LogP contribution in [0.15, 0.2) is 60.7 Å². The fourth-order valence-electron chi connectivity index (χ4n) is 3.68. The van der Waals surface area contributed by atoms with Crippen molar-refractivity contribution in [3.8, 4) is 11.3 Å². The summed E-state index contributed by atoms with van der Waals surface area (Å²) >= 11 is 0. The number of carbonyl (C=O) groups excluding carboxylic acids is 1. The Kier molecular flexibility index (Phi) is 5.84. The average Bonchev–Trinajstić information content (AvgIpc) is 2.77. The zero-order chi connectivity index (χ0) is 20.1. The normalized spacial score (nSPS) is 13.9. The van der Waals surface area contributed by atoms with Crippen molar-refractivity contribution in [2.45, 2.75) is 32.6 Å². The van der Waals surface area contributed by atoms with Crippen LogP contribution in [0.3, 0.4) is 0 Å². The van der Waals surface area contributed by atoms with Gasteiger partial charge in [0.25, 0.3) is 0 Å². The highest BCUT2D eigenvalue weighted by atomic mass is 16.1. The molecule has 1 aliphatic rings. The predicted octanol–water partition coefficient (Wildman–Crippen LogP) is 4.62. The molecule has 0 bridgehead atoms. The van der Waals surface area contributed by atoms with Gasteiger partial charge < -0.3 is 10.2 Å². The van der Waals surface area contributed by atoms with Crippen molar-refractivity contribution in [1.82, 2.24) is 10.2 Å². The molecule has 4 rings (SSSR count). The van der Waals surface area contributed by atoms with E-state index in [1.165, 1.54) is 19.3 Å². The van der Waals surface area contributed by atoms with E-state index in [2.05, 4.69) is 20.4 Å². The third-order valence-corrected chi connectivity index (χ3v) is 5.41. The smallest absolute Gasteiger partial charge is 0.228 e. The van der Waals surface area contributed by atoms with E-state index in [1.807, 2.05) is 67.6 Å². The highest BCUT2D eigenvalue weighted by molar-refractivity contribution is 5.92. The van der Waals surface area contributed by atoms with E-state index < -0.39 is 0 Å². The van der Waals surface area contributed by atoms with E-state index >= 15 is 0 Å². The summed E-state index contributed by atoms with van der Waals surface area (Å²) in [6.45, 7) is 4.14. The second-order valence-corrected chi connectivity index (χ2v) is 7.55. The molecule has 5 nitrogen and oxygen atoms in total. The van der Waals surface area contributed by atoms with E-state index in [4.69, 9.17) is 0 Å². The molecule has 148 valence electrons. The Hall–Kier alpha value is -3.21. The fourth-order valence-corrected chi connectivity index (χ4v) is 3.68. The molecule has 1 aromatic heterocycles. The summed E-state index contributed by atoms with van der Waals surface area (Å²) in [5.41, 5.74) is 4.78. The molecule has 0 atom stereocenters. The molecule has 1 aliphatic heterocycles. The lowest BCUT2D eigenvalue weighted by atomic mass is 10.1. The Bertz CT molecular complexity index is 961. The lowest BCUT2D eigenvalue weighted by Gasteiger charge is -2.27. The molecule has 5 heteroatoms. The summed E-state index contributed by atoms with van der Waals surface area (Å²) in [6, 6.07) is 19.8. The maximum Gasteiger partial charge on any atom is 0.228 e. The van der Waals surface area contributed by atoms with Gasteiger partial charge in [-0.05, 0) is 61.6 Å². The Balaban J connectivity index is 1.38. The van der Waals surface area contributed by atoms with Crippen LogP contribution < -0.4 is 10.2 Å². The lowest BCUT2D eigenvalue weighted by molar-refractivity contribution is -0.115. The topological polar surface area (TPSA) is 58.1 Å². The molecule has 1 N–H and O–H groups in total. The second kappa shape index (κ2) is 8.86. The molecule has 3 aromatic rings. The monoisotopic (exact) mass is 386 g/mol. The number of hydrogen-bond donors (Lipinski definition) is 1. The standard InChI is InChI=1S/C24H26N4O/c1-18-7-3-4-8-20(18)17-24(29)25-21-11-9-19(10-12-21)22-13-14-23(27-26-22)28-15-5-2-6-16-28/h3-4,7-14H,2,5-6,15-17H2,1H3,(H,25,29). The highest BCUT2D eigenvalue weighted by Gasteiger charge is 2.13. The maximum atomic E-state index is 12.3. The number of aryl methyl sites for hydroxylation is 1. The number of hydrogen-bond acceptors (Lipinski definition) is 4. The molecule has 2 aromatic carbocycles. The summed E-state index contributed by atoms with van der Waals surface area (Å²) in [7, 11) is 0. The van der Waals surface area contributed by atoms with Crippen molar-refractivity contribution >= 4 is 17.4 Å². The SMILES string of the molecule is Cc1ccccc1CC(=O)Nc1ccc(-c2ccc(N3CCCCC3)nn2)cc1. The first-order valence-corrected chi connectivity index (χ1v) is 10.2. The van der Waals surface area contributed by atoms with Gasteiger partial charge in [0.05, 0.1) is 12.1 Å². The van der Waals surface area contributed by atoms with Gasteiger partial charge in [0.15, 0.2) is 5.82 Å². The molecule has 0 saturated carbocycles. The third-order valence-electron chi connectivity index (χ3n) is 5.41. The van der Waals surface area contributed by atoms with Gasteiger partial charge in [-0.2, -0.15) is 0 Å². The van der Waals surface area contributed by atoms with E-state index in [1.54, 1.807) is 0 Å². The van der Waals surface area contributed by atoms with Crippen LogP contribution in [0.2, 0.25) is 0 Å². The predicted molar refractivity (Wildman–Crippen MR) is 117 cm³/mol. The number of anilines is 2. The molecule has 1 fully saturated rings. The molecule has 1 amide bonds. The highest BCUT2D eigenvalue weighted by Crippen LogP contribution is 2.22. The largest absolute Gasteiger partial charge is 0.355 e. The van der Waals surface area contributed by atoms with Crippen molar-refractivity contribution < 1.29 is 4.79 Å². The molecule has 1 saturated heterocycles. The van der Waals surface area contributed by atoms with Gasteiger partial charge in [0.2, 0.25) is 5.91 Å². The van der Waals surface area contributed by atoms with Crippen molar-refractivity contribution in [2.24, 2.45) is 0 Å². The summed E-state index contributed by atoms with van der Waals surface area (Å²) in [4.78, 5) is 14.6. The van der Waals surface area contributed by atoms with E-state index in [9.17, 15) is 4.79 Å². The minimum Gasteiger partial charge on any atom is -0.355 e. The second-order valence-electron chi connectivity index (χ2n) is 7.55. The first-order valence-electron chi connectivity index (χ1n) is 10.2. The first-order chi connectivity index (χ1) is 14.2. The average molecular weight is 386 g/mol. The summed E-state index contributed by atoms with van der Waals surface area (Å²) in [6.07, 6.45) is 4.12. The number of amides is 1. The van der Waals surface area contributed by atoms with Crippen molar-refractivity contribution in [3.05, 3.63) is 71.8 Å². The summed E-state index contributed by atoms with van der Waals surface area (Å²) in [5, 5.41) is 11.8. The number of nitrogens with one attached hydrogen (secondary N) is 1. The van der Waals surface area contributed by atoms with Crippen LogP contribution >= 0.6 is 0 Å². The van der Waals surface area contributed by atoms with E-state index in [0.717, 1.165) is 47.0 Å². The Labute approximate surface area is 171 Å². The zero-order valence-corrected chi connectivity index (χ0v) is 16.8.